The van der Waals surface area contributed by atoms with E-state index in [0.717, 1.165) is 6.42 Å². The van der Waals surface area contributed by atoms with Crippen LogP contribution in [0.2, 0.25) is 0 Å². The van der Waals surface area contributed by atoms with Crippen molar-refractivity contribution in [1.82, 2.24) is 20.9 Å². The summed E-state index contributed by atoms with van der Waals surface area (Å²) in [5, 5.41) is 9.13. The van der Waals surface area contributed by atoms with E-state index < -0.39 is 11.7 Å². The van der Waals surface area contributed by atoms with E-state index in [1.807, 2.05) is 20.8 Å². The predicted octanol–water partition coefficient (Wildman–Crippen LogP) is 1.32. The second-order valence-corrected chi connectivity index (χ2v) is 7.12. The van der Waals surface area contributed by atoms with Crippen molar-refractivity contribution in [3.63, 3.8) is 0 Å². The maximum absolute atomic E-state index is 11.7. The van der Waals surface area contributed by atoms with E-state index in [-0.39, 0.29) is 18.5 Å². The van der Waals surface area contributed by atoms with Gasteiger partial charge < -0.3 is 25.6 Å². The van der Waals surface area contributed by atoms with Gasteiger partial charge in [0.2, 0.25) is 5.91 Å². The Balaban J connectivity index is 4.28. The minimum atomic E-state index is -0.499. The number of carbonyl (C=O) groups is 2. The summed E-state index contributed by atoms with van der Waals surface area (Å²) in [7, 11) is 3.41. The molecule has 8 nitrogen and oxygen atoms in total. The van der Waals surface area contributed by atoms with E-state index in [0.29, 0.717) is 25.5 Å². The van der Waals surface area contributed by atoms with Crippen LogP contribution in [0.5, 0.6) is 0 Å². The molecule has 0 aliphatic rings. The van der Waals surface area contributed by atoms with Gasteiger partial charge in [-0.3, -0.25) is 4.79 Å². The average Bonchev–Trinajstić information content (AvgIpc) is 2.49. The molecule has 0 saturated carbocycles. The second kappa shape index (κ2) is 11.5. The van der Waals surface area contributed by atoms with E-state index >= 15 is 0 Å². The lowest BCUT2D eigenvalue weighted by molar-refractivity contribution is -0.127. The van der Waals surface area contributed by atoms with Gasteiger partial charge in [0.1, 0.15) is 12.1 Å². The van der Waals surface area contributed by atoms with Crippen LogP contribution in [0.3, 0.4) is 0 Å². The monoisotopic (exact) mass is 357 g/mol. The third-order valence-corrected chi connectivity index (χ3v) is 3.18. The Bertz CT molecular complexity index is 444. The lowest BCUT2D eigenvalue weighted by Gasteiger charge is -2.20. The van der Waals surface area contributed by atoms with Gasteiger partial charge in [-0.25, -0.2) is 9.79 Å². The van der Waals surface area contributed by atoms with Crippen molar-refractivity contribution in [3.8, 4) is 0 Å². The first-order valence-electron chi connectivity index (χ1n) is 8.77. The first kappa shape index (κ1) is 23.0. The van der Waals surface area contributed by atoms with Gasteiger partial charge >= 0.3 is 6.09 Å². The molecule has 1 unspecified atom stereocenters. The van der Waals surface area contributed by atoms with Crippen LogP contribution in [0.25, 0.3) is 0 Å². The number of carbonyl (C=O) groups excluding carboxylic acids is 2. The first-order valence-corrected chi connectivity index (χ1v) is 8.77. The summed E-state index contributed by atoms with van der Waals surface area (Å²) in [5.74, 6) is 0.540. The largest absolute Gasteiger partial charge is 0.444 e. The zero-order chi connectivity index (χ0) is 19.5. The summed E-state index contributed by atoms with van der Waals surface area (Å²) in [5.41, 5.74) is -0.499. The second-order valence-electron chi connectivity index (χ2n) is 7.12. The molecule has 0 radical (unpaired) electrons. The number of amides is 2. The fraction of sp³-hybridized carbons (Fsp3) is 0.824. The van der Waals surface area contributed by atoms with Crippen LogP contribution < -0.4 is 16.0 Å². The molecule has 2 amide bonds. The van der Waals surface area contributed by atoms with Crippen molar-refractivity contribution in [2.24, 2.45) is 4.99 Å². The van der Waals surface area contributed by atoms with Crippen molar-refractivity contribution in [2.75, 3.05) is 33.7 Å². The highest BCUT2D eigenvalue weighted by atomic mass is 16.6. The number of hydrogen-bond donors (Lipinski definition) is 3. The van der Waals surface area contributed by atoms with Crippen molar-refractivity contribution in [1.29, 1.82) is 0 Å². The Kier molecular flexibility index (Phi) is 10.6. The number of guanidine groups is 1. The molecule has 0 heterocycles. The zero-order valence-electron chi connectivity index (χ0n) is 16.7. The highest BCUT2D eigenvalue weighted by Crippen LogP contribution is 2.06. The van der Waals surface area contributed by atoms with Gasteiger partial charge in [0.15, 0.2) is 5.96 Å². The van der Waals surface area contributed by atoms with Crippen LogP contribution in [-0.2, 0) is 9.53 Å². The normalized spacial score (nSPS) is 13.0. The topological polar surface area (TPSA) is 95.1 Å². The molecule has 0 bridgehead atoms. The summed E-state index contributed by atoms with van der Waals surface area (Å²) >= 11 is 0. The summed E-state index contributed by atoms with van der Waals surface area (Å²) in [6.45, 7) is 10.8. The van der Waals surface area contributed by atoms with Crippen LogP contribution in [-0.4, -0.2) is 68.2 Å². The Hall–Kier alpha value is -1.99. The minimum absolute atomic E-state index is 0.0585. The summed E-state index contributed by atoms with van der Waals surface area (Å²) < 4.78 is 5.17. The zero-order valence-corrected chi connectivity index (χ0v) is 16.7. The molecule has 0 aliphatic heterocycles. The molecule has 25 heavy (non-hydrogen) atoms. The van der Waals surface area contributed by atoms with Crippen molar-refractivity contribution < 1.29 is 14.3 Å². The highest BCUT2D eigenvalue weighted by molar-refractivity contribution is 5.84. The van der Waals surface area contributed by atoms with Crippen molar-refractivity contribution in [3.05, 3.63) is 0 Å². The number of aliphatic imine (C=N–C) groups is 1. The van der Waals surface area contributed by atoms with Crippen LogP contribution in [0.1, 0.15) is 47.5 Å². The van der Waals surface area contributed by atoms with E-state index in [9.17, 15) is 9.59 Å². The Labute approximate surface area is 151 Å². The Morgan fingerprint density at radius 2 is 1.76 bits per heavy atom. The molecule has 3 N–H and O–H groups in total. The third-order valence-electron chi connectivity index (χ3n) is 3.18. The maximum Gasteiger partial charge on any atom is 0.407 e. The molecule has 0 saturated heterocycles. The minimum Gasteiger partial charge on any atom is -0.444 e. The van der Waals surface area contributed by atoms with E-state index in [1.54, 1.807) is 14.1 Å². The van der Waals surface area contributed by atoms with Gasteiger partial charge in [-0.2, -0.15) is 0 Å². The molecule has 0 aliphatic carbocycles. The fourth-order valence-corrected chi connectivity index (χ4v) is 1.58. The molecular formula is C17H35N5O3. The van der Waals surface area contributed by atoms with Gasteiger partial charge in [0, 0.05) is 33.2 Å². The van der Waals surface area contributed by atoms with Gasteiger partial charge in [-0.15, -0.1) is 0 Å². The fourth-order valence-electron chi connectivity index (χ4n) is 1.58. The lowest BCUT2D eigenvalue weighted by Crippen LogP contribution is -2.43. The Morgan fingerprint density at radius 3 is 2.28 bits per heavy atom. The van der Waals surface area contributed by atoms with Crippen LogP contribution in [0, 0.1) is 0 Å². The SMILES string of the molecule is CCC(C)NC(=NCC(=O)N(C)C)NCCCNC(=O)OC(C)(C)C. The smallest absolute Gasteiger partial charge is 0.407 e. The third kappa shape index (κ3) is 13.0. The summed E-state index contributed by atoms with van der Waals surface area (Å²) in [4.78, 5) is 29.0. The number of ether oxygens (including phenoxy) is 1. The molecule has 8 heteroatoms. The number of nitrogens with zero attached hydrogens (tertiary/aromatic N) is 2. The standard InChI is InChI=1S/C17H35N5O3/c1-8-13(2)21-15(20-12-14(23)22(6)7)18-10-9-11-19-16(24)25-17(3,4)5/h13H,8-12H2,1-7H3,(H,19,24)(H2,18,20,21). The Morgan fingerprint density at radius 1 is 1.16 bits per heavy atom. The summed E-state index contributed by atoms with van der Waals surface area (Å²) in [6, 6.07) is 0.251. The summed E-state index contributed by atoms with van der Waals surface area (Å²) in [6.07, 6.45) is 1.24. The van der Waals surface area contributed by atoms with Gasteiger partial charge in [-0.1, -0.05) is 6.92 Å². The molecular weight excluding hydrogens is 322 g/mol. The molecule has 1 atom stereocenters. The van der Waals surface area contributed by atoms with E-state index in [1.165, 1.54) is 4.90 Å². The first-order chi connectivity index (χ1) is 11.5. The van der Waals surface area contributed by atoms with E-state index in [4.69, 9.17) is 4.74 Å². The predicted molar refractivity (Wildman–Crippen MR) is 101 cm³/mol. The van der Waals surface area contributed by atoms with Crippen LogP contribution in [0.15, 0.2) is 4.99 Å². The molecule has 0 spiro atoms. The van der Waals surface area contributed by atoms with Gasteiger partial charge in [0.25, 0.3) is 0 Å². The molecule has 0 rings (SSSR count). The molecule has 0 aromatic heterocycles. The maximum atomic E-state index is 11.7. The number of rotatable bonds is 8. The molecule has 0 aromatic rings. The van der Waals surface area contributed by atoms with E-state index in [2.05, 4.69) is 34.8 Å². The molecule has 146 valence electrons. The average molecular weight is 357 g/mol. The lowest BCUT2D eigenvalue weighted by atomic mass is 10.2. The highest BCUT2D eigenvalue weighted by Gasteiger charge is 2.15. The number of hydrogen-bond acceptors (Lipinski definition) is 4. The number of likely N-dealkylation sites (N-methyl/N-ethyl adjacent to an activating group) is 1. The van der Waals surface area contributed by atoms with Crippen LogP contribution in [0.4, 0.5) is 4.79 Å². The number of nitrogens with one attached hydrogen (secondary N) is 3. The molecule has 0 fully saturated rings. The van der Waals surface area contributed by atoms with Gasteiger partial charge in [0.05, 0.1) is 0 Å². The number of alkyl carbamates (subject to hydrolysis) is 1. The molecule has 0 aromatic carbocycles. The quantitative estimate of drug-likeness (QED) is 0.346. The van der Waals surface area contributed by atoms with Crippen molar-refractivity contribution >= 4 is 18.0 Å². The van der Waals surface area contributed by atoms with Gasteiger partial charge in [-0.05, 0) is 40.5 Å². The van der Waals surface area contributed by atoms with Crippen molar-refractivity contribution in [2.45, 2.75) is 59.1 Å². The van der Waals surface area contributed by atoms with Crippen LogP contribution >= 0.6 is 0 Å².